The van der Waals surface area contributed by atoms with Crippen LogP contribution in [0.25, 0.3) is 0 Å². The minimum absolute atomic E-state index is 0.162. The third kappa shape index (κ3) is 3.35. The van der Waals surface area contributed by atoms with Crippen molar-refractivity contribution in [3.05, 3.63) is 39.9 Å². The van der Waals surface area contributed by atoms with Crippen molar-refractivity contribution in [3.63, 3.8) is 0 Å². The molecular weight excluding hydrogens is 254 g/mol. The molecular formula is C15H23N3O2. The van der Waals surface area contributed by atoms with Crippen LogP contribution in [0, 0.1) is 16.0 Å². The Hall–Kier alpha value is -1.46. The van der Waals surface area contributed by atoms with E-state index in [2.05, 4.69) is 18.7 Å². The highest BCUT2D eigenvalue weighted by Crippen LogP contribution is 2.29. The fraction of sp³-hybridized carbons (Fsp3) is 0.600. The molecule has 3 unspecified atom stereocenters. The summed E-state index contributed by atoms with van der Waals surface area (Å²) < 4.78 is 0. The molecule has 5 nitrogen and oxygen atoms in total. The molecule has 2 N–H and O–H groups in total. The zero-order valence-corrected chi connectivity index (χ0v) is 12.2. The van der Waals surface area contributed by atoms with Crippen LogP contribution < -0.4 is 5.73 Å². The third-order valence-electron chi connectivity index (χ3n) is 4.34. The van der Waals surface area contributed by atoms with Crippen molar-refractivity contribution >= 4 is 5.69 Å². The molecule has 0 aliphatic carbocycles. The lowest BCUT2D eigenvalue weighted by atomic mass is 9.90. The number of likely N-dealkylation sites (tertiary alicyclic amines) is 1. The molecule has 1 fully saturated rings. The second kappa shape index (κ2) is 6.33. The van der Waals surface area contributed by atoms with Gasteiger partial charge in [-0.25, -0.2) is 0 Å². The highest BCUT2D eigenvalue weighted by atomic mass is 16.6. The molecule has 20 heavy (non-hydrogen) atoms. The lowest BCUT2D eigenvalue weighted by molar-refractivity contribution is -0.385. The van der Waals surface area contributed by atoms with E-state index in [-0.39, 0.29) is 22.7 Å². The van der Waals surface area contributed by atoms with Gasteiger partial charge in [-0.1, -0.05) is 12.1 Å². The fourth-order valence-electron chi connectivity index (χ4n) is 2.93. The lowest BCUT2D eigenvalue weighted by Crippen LogP contribution is -2.43. The number of nitro groups is 1. The van der Waals surface area contributed by atoms with Crippen LogP contribution in [0.5, 0.6) is 0 Å². The monoisotopic (exact) mass is 277 g/mol. The number of rotatable bonds is 4. The maximum Gasteiger partial charge on any atom is 0.269 e. The van der Waals surface area contributed by atoms with Gasteiger partial charge in [-0.2, -0.15) is 0 Å². The van der Waals surface area contributed by atoms with Gasteiger partial charge in [0.2, 0.25) is 0 Å². The van der Waals surface area contributed by atoms with Crippen molar-refractivity contribution < 1.29 is 4.92 Å². The standard InChI is InChI=1S/C15H23N3O2/c1-11(16)14-6-4-8-17(10-14)12(2)13-5-3-7-15(9-13)18(19)20/h3,5,7,9,11-12,14H,4,6,8,10,16H2,1-2H3. The van der Waals surface area contributed by atoms with Gasteiger partial charge in [0.05, 0.1) is 4.92 Å². The van der Waals surface area contributed by atoms with Crippen molar-refractivity contribution in [1.82, 2.24) is 4.90 Å². The molecule has 1 aromatic rings. The minimum atomic E-state index is -0.336. The second-order valence-electron chi connectivity index (χ2n) is 5.78. The number of piperidine rings is 1. The van der Waals surface area contributed by atoms with Crippen molar-refractivity contribution in [1.29, 1.82) is 0 Å². The Morgan fingerprint density at radius 2 is 2.20 bits per heavy atom. The Bertz CT molecular complexity index is 476. The molecule has 1 aromatic carbocycles. The van der Waals surface area contributed by atoms with E-state index in [0.29, 0.717) is 5.92 Å². The van der Waals surface area contributed by atoms with Crippen LogP contribution in [0.15, 0.2) is 24.3 Å². The summed E-state index contributed by atoms with van der Waals surface area (Å²) in [6.07, 6.45) is 2.32. The zero-order valence-electron chi connectivity index (χ0n) is 12.2. The Balaban J connectivity index is 2.12. The van der Waals surface area contributed by atoms with Gasteiger partial charge in [0.1, 0.15) is 0 Å². The lowest BCUT2D eigenvalue weighted by Gasteiger charge is -2.38. The summed E-state index contributed by atoms with van der Waals surface area (Å²) in [5.74, 6) is 0.518. The van der Waals surface area contributed by atoms with Crippen LogP contribution in [0.2, 0.25) is 0 Å². The van der Waals surface area contributed by atoms with E-state index >= 15 is 0 Å². The van der Waals surface area contributed by atoms with Crippen LogP contribution in [0.3, 0.4) is 0 Å². The summed E-state index contributed by atoms with van der Waals surface area (Å²) in [5.41, 5.74) is 7.18. The van der Waals surface area contributed by atoms with Gasteiger partial charge in [0.15, 0.2) is 0 Å². The van der Waals surface area contributed by atoms with Crippen LogP contribution in [0.1, 0.15) is 38.3 Å². The Morgan fingerprint density at radius 1 is 1.45 bits per heavy atom. The second-order valence-corrected chi connectivity index (χ2v) is 5.78. The number of nitrogens with two attached hydrogens (primary N) is 1. The predicted molar refractivity (Wildman–Crippen MR) is 79.5 cm³/mol. The van der Waals surface area contributed by atoms with Crippen molar-refractivity contribution in [2.75, 3.05) is 13.1 Å². The van der Waals surface area contributed by atoms with E-state index in [4.69, 9.17) is 5.73 Å². The van der Waals surface area contributed by atoms with E-state index in [1.54, 1.807) is 12.1 Å². The fourth-order valence-corrected chi connectivity index (χ4v) is 2.93. The number of nitro benzene ring substituents is 1. The molecule has 0 aromatic heterocycles. The van der Waals surface area contributed by atoms with Gasteiger partial charge in [-0.05, 0) is 44.7 Å². The number of hydrogen-bond acceptors (Lipinski definition) is 4. The highest BCUT2D eigenvalue weighted by Gasteiger charge is 2.26. The van der Waals surface area contributed by atoms with E-state index in [9.17, 15) is 10.1 Å². The first-order valence-electron chi connectivity index (χ1n) is 7.23. The smallest absolute Gasteiger partial charge is 0.269 e. The molecule has 110 valence electrons. The number of nitrogens with zero attached hydrogens (tertiary/aromatic N) is 2. The van der Waals surface area contributed by atoms with Gasteiger partial charge in [-0.15, -0.1) is 0 Å². The SMILES string of the molecule is CC(N)C1CCCN(C(C)c2cccc([N+](=O)[O-])c2)C1. The number of hydrogen-bond donors (Lipinski definition) is 1. The van der Waals surface area contributed by atoms with Gasteiger partial charge in [0.25, 0.3) is 5.69 Å². The predicted octanol–water partition coefficient (Wildman–Crippen LogP) is 2.72. The van der Waals surface area contributed by atoms with Crippen molar-refractivity contribution in [2.45, 2.75) is 38.8 Å². The topological polar surface area (TPSA) is 72.4 Å². The average molecular weight is 277 g/mol. The van der Waals surface area contributed by atoms with Crippen LogP contribution in [-0.2, 0) is 0 Å². The normalized spacial score (nSPS) is 23.2. The average Bonchev–Trinajstić information content (AvgIpc) is 2.46. The first-order valence-corrected chi connectivity index (χ1v) is 7.23. The molecule has 0 saturated carbocycles. The molecule has 0 amide bonds. The molecule has 1 aliphatic rings. The summed E-state index contributed by atoms with van der Waals surface area (Å²) in [7, 11) is 0. The van der Waals surface area contributed by atoms with Gasteiger partial charge in [0, 0.05) is 30.8 Å². The molecule has 0 bridgehead atoms. The van der Waals surface area contributed by atoms with E-state index in [1.807, 2.05) is 6.07 Å². The van der Waals surface area contributed by atoms with Crippen LogP contribution >= 0.6 is 0 Å². The molecule has 1 saturated heterocycles. The molecule has 0 radical (unpaired) electrons. The van der Waals surface area contributed by atoms with Crippen LogP contribution in [0.4, 0.5) is 5.69 Å². The maximum atomic E-state index is 10.9. The number of benzene rings is 1. The molecule has 1 heterocycles. The van der Waals surface area contributed by atoms with Gasteiger partial charge in [-0.3, -0.25) is 15.0 Å². The first-order chi connectivity index (χ1) is 9.49. The summed E-state index contributed by atoms with van der Waals surface area (Å²) in [6.45, 7) is 6.18. The van der Waals surface area contributed by atoms with Gasteiger partial charge >= 0.3 is 0 Å². The van der Waals surface area contributed by atoms with E-state index < -0.39 is 0 Å². The minimum Gasteiger partial charge on any atom is -0.328 e. The molecule has 1 aliphatic heterocycles. The van der Waals surface area contributed by atoms with Crippen LogP contribution in [-0.4, -0.2) is 29.0 Å². The molecule has 5 heteroatoms. The van der Waals surface area contributed by atoms with E-state index in [0.717, 1.165) is 25.1 Å². The largest absolute Gasteiger partial charge is 0.328 e. The summed E-state index contributed by atoms with van der Waals surface area (Å²) in [6, 6.07) is 7.34. The Kier molecular flexibility index (Phi) is 4.73. The number of non-ortho nitro benzene ring substituents is 1. The third-order valence-corrected chi connectivity index (χ3v) is 4.34. The molecule has 0 spiro atoms. The highest BCUT2D eigenvalue weighted by molar-refractivity contribution is 5.35. The molecule has 3 atom stereocenters. The summed E-state index contributed by atoms with van der Waals surface area (Å²) in [4.78, 5) is 12.9. The van der Waals surface area contributed by atoms with Gasteiger partial charge < -0.3 is 5.73 Å². The quantitative estimate of drug-likeness (QED) is 0.678. The summed E-state index contributed by atoms with van der Waals surface area (Å²) in [5, 5.41) is 10.9. The van der Waals surface area contributed by atoms with Crippen molar-refractivity contribution in [2.24, 2.45) is 11.7 Å². The Morgan fingerprint density at radius 3 is 2.85 bits per heavy atom. The Labute approximate surface area is 119 Å². The first kappa shape index (κ1) is 14.9. The molecule has 2 rings (SSSR count). The van der Waals surface area contributed by atoms with Crippen molar-refractivity contribution in [3.8, 4) is 0 Å². The van der Waals surface area contributed by atoms with E-state index in [1.165, 1.54) is 12.5 Å². The zero-order chi connectivity index (χ0) is 14.7. The maximum absolute atomic E-state index is 10.9. The summed E-state index contributed by atoms with van der Waals surface area (Å²) >= 11 is 0.